The molecule has 2 aromatic carbocycles. The van der Waals surface area contributed by atoms with Crippen molar-refractivity contribution in [2.45, 2.75) is 26.4 Å². The van der Waals surface area contributed by atoms with E-state index in [1.807, 2.05) is 13.8 Å². The van der Waals surface area contributed by atoms with E-state index in [9.17, 15) is 9.65 Å². The van der Waals surface area contributed by atoms with Gasteiger partial charge in [0.15, 0.2) is 11.5 Å². The summed E-state index contributed by atoms with van der Waals surface area (Å²) in [5.74, 6) is 0.628. The van der Waals surface area contributed by atoms with Gasteiger partial charge in [-0.05, 0) is 54.8 Å². The average Bonchev–Trinajstić information content (AvgIpc) is 2.62. The second-order valence-electron chi connectivity index (χ2n) is 5.55. The number of methoxy groups -OCH3 is 1. The number of halogens is 2. The van der Waals surface area contributed by atoms with Crippen LogP contribution < -0.4 is 9.47 Å². The number of nitrogens with zero attached hydrogens (tertiary/aromatic N) is 1. The summed E-state index contributed by atoms with van der Waals surface area (Å²) < 4.78 is 24.3. The summed E-state index contributed by atoms with van der Waals surface area (Å²) in [5, 5.41) is 9.82. The molecule has 1 atom stereocenters. The molecular formula is C20H19ClFNO2. The number of rotatable bonds is 6. The zero-order valence-electron chi connectivity index (χ0n) is 14.3. The molecule has 2 aromatic rings. The Morgan fingerprint density at radius 1 is 1.32 bits per heavy atom. The second kappa shape index (κ2) is 8.55. The molecule has 0 spiro atoms. The van der Waals surface area contributed by atoms with E-state index in [0.717, 1.165) is 6.42 Å². The highest BCUT2D eigenvalue weighted by Crippen LogP contribution is 2.38. The van der Waals surface area contributed by atoms with Gasteiger partial charge in [0.25, 0.3) is 0 Å². The SMILES string of the molecule is CC[C@@H](C)Oc1c(Cl)cc(/C=C(/C#N)c2ccc(F)cc2)cc1OC. The van der Waals surface area contributed by atoms with Crippen LogP contribution in [0.2, 0.25) is 5.02 Å². The van der Waals surface area contributed by atoms with Gasteiger partial charge in [-0.15, -0.1) is 0 Å². The standard InChI is InChI=1S/C20H19ClFNO2/c1-4-13(2)25-20-18(21)10-14(11-19(20)24-3)9-16(12-23)15-5-7-17(22)8-6-15/h5-11,13H,4H2,1-3H3/b16-9-/t13-/m1/s1. The van der Waals surface area contributed by atoms with Crippen LogP contribution in [-0.4, -0.2) is 13.2 Å². The Labute approximate surface area is 152 Å². The number of hydrogen-bond acceptors (Lipinski definition) is 3. The maximum Gasteiger partial charge on any atom is 0.180 e. The predicted octanol–water partition coefficient (Wildman–Crippen LogP) is 5.73. The summed E-state index contributed by atoms with van der Waals surface area (Å²) in [5.41, 5.74) is 1.71. The molecule has 0 unspecified atom stereocenters. The molecule has 0 amide bonds. The van der Waals surface area contributed by atoms with Crippen molar-refractivity contribution in [3.05, 3.63) is 58.4 Å². The topological polar surface area (TPSA) is 42.2 Å². The van der Waals surface area contributed by atoms with Gasteiger partial charge in [-0.25, -0.2) is 4.39 Å². The summed E-state index contributed by atoms with van der Waals surface area (Å²) in [6.07, 6.45) is 2.51. The first-order valence-electron chi connectivity index (χ1n) is 7.90. The third kappa shape index (κ3) is 4.74. The van der Waals surface area contributed by atoms with Crippen LogP contribution in [0.5, 0.6) is 11.5 Å². The maximum atomic E-state index is 13.1. The zero-order valence-corrected chi connectivity index (χ0v) is 15.1. The van der Waals surface area contributed by atoms with E-state index >= 15 is 0 Å². The van der Waals surface area contributed by atoms with Crippen LogP contribution >= 0.6 is 11.6 Å². The van der Waals surface area contributed by atoms with E-state index in [1.165, 1.54) is 19.2 Å². The molecule has 0 aromatic heterocycles. The van der Waals surface area contributed by atoms with Crippen LogP contribution in [-0.2, 0) is 0 Å². The fourth-order valence-corrected chi connectivity index (χ4v) is 2.46. The van der Waals surface area contributed by atoms with E-state index in [0.29, 0.717) is 33.2 Å². The number of benzene rings is 2. The van der Waals surface area contributed by atoms with Crippen LogP contribution in [0.25, 0.3) is 11.6 Å². The third-order valence-corrected chi connectivity index (χ3v) is 4.01. The lowest BCUT2D eigenvalue weighted by atomic mass is 10.0. The molecule has 3 nitrogen and oxygen atoms in total. The summed E-state index contributed by atoms with van der Waals surface area (Å²) in [6, 6.07) is 11.3. The van der Waals surface area contributed by atoms with Crippen LogP contribution in [0, 0.1) is 17.1 Å². The van der Waals surface area contributed by atoms with Crippen LogP contribution in [0.3, 0.4) is 0 Å². The van der Waals surface area contributed by atoms with E-state index in [4.69, 9.17) is 21.1 Å². The Hall–Kier alpha value is -2.51. The molecule has 0 N–H and O–H groups in total. The molecule has 2 rings (SSSR count). The summed E-state index contributed by atoms with van der Waals surface area (Å²) in [4.78, 5) is 0. The summed E-state index contributed by atoms with van der Waals surface area (Å²) in [6.45, 7) is 3.97. The van der Waals surface area contributed by atoms with Crippen LogP contribution in [0.4, 0.5) is 4.39 Å². The van der Waals surface area contributed by atoms with E-state index in [-0.39, 0.29) is 11.9 Å². The number of ether oxygens (including phenoxy) is 2. The van der Waals surface area contributed by atoms with Crippen molar-refractivity contribution in [1.82, 2.24) is 0 Å². The van der Waals surface area contributed by atoms with Gasteiger partial charge in [-0.1, -0.05) is 30.7 Å². The van der Waals surface area contributed by atoms with Crippen LogP contribution in [0.15, 0.2) is 36.4 Å². The molecule has 25 heavy (non-hydrogen) atoms. The third-order valence-electron chi connectivity index (χ3n) is 3.73. The van der Waals surface area contributed by atoms with Crippen molar-refractivity contribution in [3.63, 3.8) is 0 Å². The molecular weight excluding hydrogens is 341 g/mol. The lowest BCUT2D eigenvalue weighted by molar-refractivity contribution is 0.208. The molecule has 5 heteroatoms. The Morgan fingerprint density at radius 3 is 2.56 bits per heavy atom. The fourth-order valence-electron chi connectivity index (χ4n) is 2.20. The second-order valence-corrected chi connectivity index (χ2v) is 5.95. The first-order valence-corrected chi connectivity index (χ1v) is 8.28. The molecule has 0 bridgehead atoms. The smallest absolute Gasteiger partial charge is 0.180 e. The number of allylic oxidation sites excluding steroid dienone is 1. The van der Waals surface area contributed by atoms with E-state index < -0.39 is 0 Å². The normalized spacial score (nSPS) is 12.4. The Balaban J connectivity index is 2.43. The van der Waals surface area contributed by atoms with Gasteiger partial charge in [0.1, 0.15) is 5.82 Å². The van der Waals surface area contributed by atoms with Gasteiger partial charge in [0, 0.05) is 0 Å². The lowest BCUT2D eigenvalue weighted by Crippen LogP contribution is -2.11. The summed E-state index contributed by atoms with van der Waals surface area (Å²) >= 11 is 6.34. The van der Waals surface area contributed by atoms with Crippen LogP contribution in [0.1, 0.15) is 31.4 Å². The number of hydrogen-bond donors (Lipinski definition) is 0. The zero-order chi connectivity index (χ0) is 18.4. The quantitative estimate of drug-likeness (QED) is 0.488. The summed E-state index contributed by atoms with van der Waals surface area (Å²) in [7, 11) is 1.54. The maximum absolute atomic E-state index is 13.1. The van der Waals surface area contributed by atoms with Gasteiger partial charge in [-0.2, -0.15) is 5.26 Å². The van der Waals surface area contributed by atoms with Gasteiger partial charge < -0.3 is 9.47 Å². The van der Waals surface area contributed by atoms with Crippen molar-refractivity contribution in [3.8, 4) is 17.6 Å². The molecule has 0 aliphatic heterocycles. The molecule has 0 saturated carbocycles. The first kappa shape index (κ1) is 18.8. The van der Waals surface area contributed by atoms with Crippen molar-refractivity contribution in [1.29, 1.82) is 5.26 Å². The van der Waals surface area contributed by atoms with E-state index in [2.05, 4.69) is 6.07 Å². The van der Waals surface area contributed by atoms with Crippen molar-refractivity contribution in [2.24, 2.45) is 0 Å². The molecule has 130 valence electrons. The van der Waals surface area contributed by atoms with Crippen molar-refractivity contribution < 1.29 is 13.9 Å². The lowest BCUT2D eigenvalue weighted by Gasteiger charge is -2.17. The average molecular weight is 360 g/mol. The van der Waals surface area contributed by atoms with Gasteiger partial charge in [0.2, 0.25) is 0 Å². The van der Waals surface area contributed by atoms with Gasteiger partial charge in [0.05, 0.1) is 29.9 Å². The van der Waals surface area contributed by atoms with Gasteiger partial charge >= 0.3 is 0 Å². The molecule has 0 saturated heterocycles. The fraction of sp³-hybridized carbons (Fsp3) is 0.250. The highest BCUT2D eigenvalue weighted by Gasteiger charge is 2.14. The van der Waals surface area contributed by atoms with Gasteiger partial charge in [-0.3, -0.25) is 0 Å². The first-order chi connectivity index (χ1) is 12.0. The van der Waals surface area contributed by atoms with E-state index in [1.54, 1.807) is 30.3 Å². The van der Waals surface area contributed by atoms with Crippen molar-refractivity contribution >= 4 is 23.3 Å². The molecule has 0 heterocycles. The Bertz CT molecular complexity index is 810. The predicted molar refractivity (Wildman–Crippen MR) is 98.3 cm³/mol. The minimum absolute atomic E-state index is 0.00155. The molecule has 0 aliphatic carbocycles. The highest BCUT2D eigenvalue weighted by atomic mass is 35.5. The monoisotopic (exact) mass is 359 g/mol. The largest absolute Gasteiger partial charge is 0.493 e. The van der Waals surface area contributed by atoms with Crippen molar-refractivity contribution in [2.75, 3.05) is 7.11 Å². The molecule has 0 radical (unpaired) electrons. The molecule has 0 fully saturated rings. The number of nitriles is 1. The minimum atomic E-state index is -0.350. The molecule has 0 aliphatic rings. The Morgan fingerprint density at radius 2 is 2.00 bits per heavy atom. The Kier molecular flexibility index (Phi) is 6.44. The minimum Gasteiger partial charge on any atom is -0.493 e. The highest BCUT2D eigenvalue weighted by molar-refractivity contribution is 6.32.